The molecule has 1 fully saturated rings. The van der Waals surface area contributed by atoms with Gasteiger partial charge in [-0.1, -0.05) is 24.3 Å². The van der Waals surface area contributed by atoms with E-state index in [1.54, 1.807) is 7.11 Å². The Morgan fingerprint density at radius 3 is 2.61 bits per heavy atom. The molecule has 2 aromatic rings. The summed E-state index contributed by atoms with van der Waals surface area (Å²) in [7, 11) is 1.65. The predicted octanol–water partition coefficient (Wildman–Crippen LogP) is 2.65. The number of anilines is 1. The van der Waals surface area contributed by atoms with Gasteiger partial charge in [0.2, 0.25) is 0 Å². The van der Waals surface area contributed by atoms with Gasteiger partial charge in [-0.15, -0.1) is 0 Å². The van der Waals surface area contributed by atoms with E-state index in [-0.39, 0.29) is 18.2 Å². The standard InChI is InChI=1S/C18H23N3O2/c1-12(23-18-9-4-3-8-17(18)22-2)15-11-16(21-20-15)13-6-5-7-14(19)10-13/h3-10,12,15-16,20-21H,11,19H2,1-2H3. The molecule has 1 aliphatic heterocycles. The van der Waals surface area contributed by atoms with Gasteiger partial charge in [-0.25, -0.2) is 5.43 Å². The monoisotopic (exact) mass is 313 g/mol. The molecule has 3 unspecified atom stereocenters. The Morgan fingerprint density at radius 1 is 1.09 bits per heavy atom. The average Bonchev–Trinajstić information content (AvgIpc) is 3.05. The molecule has 0 saturated carbocycles. The maximum absolute atomic E-state index is 6.08. The highest BCUT2D eigenvalue weighted by Gasteiger charge is 2.30. The number of ether oxygens (including phenoxy) is 2. The smallest absolute Gasteiger partial charge is 0.161 e. The molecule has 2 aromatic carbocycles. The molecular formula is C18H23N3O2. The summed E-state index contributed by atoms with van der Waals surface area (Å²) in [6.07, 6.45) is 0.935. The van der Waals surface area contributed by atoms with Gasteiger partial charge in [-0.2, -0.15) is 0 Å². The summed E-state index contributed by atoms with van der Waals surface area (Å²) in [6, 6.07) is 16.1. The molecular weight excluding hydrogens is 290 g/mol. The zero-order valence-electron chi connectivity index (χ0n) is 13.5. The van der Waals surface area contributed by atoms with Crippen LogP contribution >= 0.6 is 0 Å². The van der Waals surface area contributed by atoms with Crippen molar-refractivity contribution in [2.75, 3.05) is 12.8 Å². The molecule has 0 amide bonds. The number of nitrogen functional groups attached to an aromatic ring is 1. The molecule has 1 saturated heterocycles. The number of para-hydroxylation sites is 2. The first-order valence-corrected chi connectivity index (χ1v) is 7.83. The van der Waals surface area contributed by atoms with E-state index in [0.717, 1.165) is 23.6 Å². The lowest BCUT2D eigenvalue weighted by molar-refractivity contribution is 0.170. The first-order valence-electron chi connectivity index (χ1n) is 7.83. The Hall–Kier alpha value is -2.24. The molecule has 23 heavy (non-hydrogen) atoms. The lowest BCUT2D eigenvalue weighted by Crippen LogP contribution is -2.40. The molecule has 5 nitrogen and oxygen atoms in total. The van der Waals surface area contributed by atoms with Gasteiger partial charge in [-0.05, 0) is 43.2 Å². The van der Waals surface area contributed by atoms with Crippen LogP contribution in [0.15, 0.2) is 48.5 Å². The number of hydrogen-bond donors (Lipinski definition) is 3. The predicted molar refractivity (Wildman–Crippen MR) is 91.4 cm³/mol. The molecule has 0 bridgehead atoms. The van der Waals surface area contributed by atoms with Crippen LogP contribution < -0.4 is 26.1 Å². The fourth-order valence-electron chi connectivity index (χ4n) is 2.88. The maximum Gasteiger partial charge on any atom is 0.161 e. The molecule has 0 spiro atoms. The van der Waals surface area contributed by atoms with E-state index in [0.29, 0.717) is 0 Å². The molecule has 3 atom stereocenters. The summed E-state index contributed by atoms with van der Waals surface area (Å²) in [6.45, 7) is 2.06. The van der Waals surface area contributed by atoms with Crippen molar-refractivity contribution in [3.63, 3.8) is 0 Å². The first kappa shape index (κ1) is 15.6. The van der Waals surface area contributed by atoms with Crippen molar-refractivity contribution in [2.24, 2.45) is 0 Å². The molecule has 3 rings (SSSR count). The third-order valence-electron chi connectivity index (χ3n) is 4.19. The fourth-order valence-corrected chi connectivity index (χ4v) is 2.88. The SMILES string of the molecule is COc1ccccc1OC(C)C1CC(c2cccc(N)c2)NN1. The van der Waals surface area contributed by atoms with Crippen molar-refractivity contribution in [2.45, 2.75) is 31.5 Å². The largest absolute Gasteiger partial charge is 0.493 e. The number of methoxy groups -OCH3 is 1. The van der Waals surface area contributed by atoms with E-state index in [1.165, 1.54) is 5.56 Å². The molecule has 0 aliphatic carbocycles. The summed E-state index contributed by atoms with van der Waals surface area (Å²) in [4.78, 5) is 0. The van der Waals surface area contributed by atoms with Gasteiger partial charge < -0.3 is 15.2 Å². The van der Waals surface area contributed by atoms with E-state index in [2.05, 4.69) is 23.8 Å². The Balaban J connectivity index is 1.64. The zero-order valence-corrected chi connectivity index (χ0v) is 13.5. The summed E-state index contributed by atoms with van der Waals surface area (Å²) < 4.78 is 11.4. The van der Waals surface area contributed by atoms with Crippen molar-refractivity contribution < 1.29 is 9.47 Å². The van der Waals surface area contributed by atoms with E-state index in [1.807, 2.05) is 42.5 Å². The maximum atomic E-state index is 6.08. The van der Waals surface area contributed by atoms with Crippen LogP contribution in [0.1, 0.15) is 24.9 Å². The summed E-state index contributed by atoms with van der Waals surface area (Å²) >= 11 is 0. The van der Waals surface area contributed by atoms with Crippen LogP contribution in [-0.4, -0.2) is 19.3 Å². The average molecular weight is 313 g/mol. The van der Waals surface area contributed by atoms with Crippen molar-refractivity contribution in [1.82, 2.24) is 10.9 Å². The van der Waals surface area contributed by atoms with Crippen LogP contribution in [-0.2, 0) is 0 Å². The fraction of sp³-hybridized carbons (Fsp3) is 0.333. The van der Waals surface area contributed by atoms with Crippen LogP contribution in [0.3, 0.4) is 0 Å². The number of rotatable bonds is 5. The number of benzene rings is 2. The molecule has 122 valence electrons. The molecule has 0 aromatic heterocycles. The van der Waals surface area contributed by atoms with Crippen molar-refractivity contribution in [1.29, 1.82) is 0 Å². The van der Waals surface area contributed by atoms with E-state index in [9.17, 15) is 0 Å². The highest BCUT2D eigenvalue weighted by Crippen LogP contribution is 2.30. The van der Waals surface area contributed by atoms with Gasteiger partial charge in [0, 0.05) is 11.7 Å². The molecule has 5 heteroatoms. The Bertz CT molecular complexity index is 662. The number of hydrazine groups is 1. The van der Waals surface area contributed by atoms with Crippen molar-refractivity contribution in [3.8, 4) is 11.5 Å². The Morgan fingerprint density at radius 2 is 1.87 bits per heavy atom. The third-order valence-corrected chi connectivity index (χ3v) is 4.19. The first-order chi connectivity index (χ1) is 11.2. The lowest BCUT2D eigenvalue weighted by Gasteiger charge is -2.21. The van der Waals surface area contributed by atoms with Crippen molar-refractivity contribution in [3.05, 3.63) is 54.1 Å². The minimum atomic E-state index is 0.00450. The van der Waals surface area contributed by atoms with E-state index >= 15 is 0 Å². The van der Waals surface area contributed by atoms with E-state index < -0.39 is 0 Å². The lowest BCUT2D eigenvalue weighted by atomic mass is 9.99. The second-order valence-corrected chi connectivity index (χ2v) is 5.83. The molecule has 1 aliphatic rings. The van der Waals surface area contributed by atoms with Gasteiger partial charge in [0.05, 0.1) is 13.2 Å². The highest BCUT2D eigenvalue weighted by atomic mass is 16.5. The third kappa shape index (κ3) is 3.57. The zero-order chi connectivity index (χ0) is 16.2. The summed E-state index contributed by atoms with van der Waals surface area (Å²) in [5.41, 5.74) is 14.5. The second kappa shape index (κ2) is 6.89. The van der Waals surface area contributed by atoms with E-state index in [4.69, 9.17) is 15.2 Å². The van der Waals surface area contributed by atoms with Crippen LogP contribution in [0.5, 0.6) is 11.5 Å². The number of nitrogens with one attached hydrogen (secondary N) is 2. The molecule has 0 radical (unpaired) electrons. The van der Waals surface area contributed by atoms with Gasteiger partial charge in [0.15, 0.2) is 11.5 Å². The highest BCUT2D eigenvalue weighted by molar-refractivity contribution is 5.42. The minimum absolute atomic E-state index is 0.00450. The van der Waals surface area contributed by atoms with Gasteiger partial charge in [-0.3, -0.25) is 5.43 Å². The summed E-state index contributed by atoms with van der Waals surface area (Å²) in [5.74, 6) is 1.51. The quantitative estimate of drug-likeness (QED) is 0.741. The molecule has 4 N–H and O–H groups in total. The van der Waals surface area contributed by atoms with Gasteiger partial charge in [0.25, 0.3) is 0 Å². The van der Waals surface area contributed by atoms with Gasteiger partial charge >= 0.3 is 0 Å². The van der Waals surface area contributed by atoms with Crippen LogP contribution in [0, 0.1) is 0 Å². The Labute approximate surface area is 136 Å². The topological polar surface area (TPSA) is 68.5 Å². The van der Waals surface area contributed by atoms with Crippen LogP contribution in [0.2, 0.25) is 0 Å². The summed E-state index contributed by atoms with van der Waals surface area (Å²) in [5, 5.41) is 0. The number of nitrogens with two attached hydrogens (primary N) is 1. The van der Waals surface area contributed by atoms with Gasteiger partial charge in [0.1, 0.15) is 6.10 Å². The molecule has 1 heterocycles. The second-order valence-electron chi connectivity index (χ2n) is 5.83. The normalized spacial score (nSPS) is 21.8. The van der Waals surface area contributed by atoms with Crippen molar-refractivity contribution >= 4 is 5.69 Å². The number of hydrogen-bond acceptors (Lipinski definition) is 5. The van der Waals surface area contributed by atoms with Crippen LogP contribution in [0.25, 0.3) is 0 Å². The minimum Gasteiger partial charge on any atom is -0.493 e. The van der Waals surface area contributed by atoms with Crippen LogP contribution in [0.4, 0.5) is 5.69 Å². The Kier molecular flexibility index (Phi) is 4.69.